The Morgan fingerprint density at radius 1 is 1.33 bits per heavy atom. The van der Waals surface area contributed by atoms with Gasteiger partial charge in [0.1, 0.15) is 4.90 Å². The number of nitrogens with two attached hydrogens (primary N) is 1. The van der Waals surface area contributed by atoms with Gasteiger partial charge < -0.3 is 10.3 Å². The Labute approximate surface area is 133 Å². The first kappa shape index (κ1) is 16.1. The minimum absolute atomic E-state index is 0.224. The number of nitrogens with one attached hydrogen (secondary N) is 1. The molecule has 7 heteroatoms. The van der Waals surface area contributed by atoms with E-state index in [-0.39, 0.29) is 4.90 Å². The van der Waals surface area contributed by atoms with Crippen molar-refractivity contribution in [2.45, 2.75) is 31.8 Å². The Morgan fingerprint density at radius 2 is 2.05 bits per heavy atom. The van der Waals surface area contributed by atoms with Gasteiger partial charge in [-0.1, -0.05) is 22.0 Å². The number of sulfonamides is 1. The minimum Gasteiger partial charge on any atom is -0.349 e. The number of halogens is 1. The van der Waals surface area contributed by atoms with Gasteiger partial charge in [0.25, 0.3) is 10.0 Å². The maximum atomic E-state index is 12.4. The van der Waals surface area contributed by atoms with Gasteiger partial charge in [0.2, 0.25) is 0 Å². The molecule has 1 aromatic carbocycles. The zero-order valence-electron chi connectivity index (χ0n) is 11.9. The number of aromatic nitrogens is 1. The lowest BCUT2D eigenvalue weighted by atomic mass is 10.2. The molecule has 21 heavy (non-hydrogen) atoms. The van der Waals surface area contributed by atoms with E-state index in [9.17, 15) is 8.42 Å². The van der Waals surface area contributed by atoms with E-state index in [0.717, 1.165) is 15.7 Å². The molecule has 114 valence electrons. The summed E-state index contributed by atoms with van der Waals surface area (Å²) in [6.07, 6.45) is 1.60. The Kier molecular flexibility index (Phi) is 4.75. The lowest BCUT2D eigenvalue weighted by Crippen LogP contribution is -2.12. The van der Waals surface area contributed by atoms with Gasteiger partial charge in [-0.2, -0.15) is 0 Å². The van der Waals surface area contributed by atoms with Gasteiger partial charge in [-0.3, -0.25) is 4.72 Å². The third-order valence-electron chi connectivity index (χ3n) is 3.25. The lowest BCUT2D eigenvalue weighted by molar-refractivity contribution is 0.600. The molecule has 0 radical (unpaired) electrons. The van der Waals surface area contributed by atoms with Crippen molar-refractivity contribution in [1.82, 2.24) is 4.57 Å². The molecule has 1 heterocycles. The summed E-state index contributed by atoms with van der Waals surface area (Å²) in [5, 5.41) is 0. The second kappa shape index (κ2) is 6.21. The van der Waals surface area contributed by atoms with Crippen molar-refractivity contribution in [3.63, 3.8) is 0 Å². The van der Waals surface area contributed by atoms with E-state index in [4.69, 9.17) is 5.73 Å². The molecular formula is C14H18BrN3O2S. The van der Waals surface area contributed by atoms with Crippen LogP contribution >= 0.6 is 15.9 Å². The van der Waals surface area contributed by atoms with Crippen LogP contribution in [-0.2, 0) is 23.1 Å². The van der Waals surface area contributed by atoms with Crippen LogP contribution in [0.1, 0.15) is 18.2 Å². The molecule has 1 aromatic heterocycles. The molecule has 0 aliphatic heterocycles. The quantitative estimate of drug-likeness (QED) is 0.847. The smallest absolute Gasteiger partial charge is 0.263 e. The van der Waals surface area contributed by atoms with Crippen molar-refractivity contribution in [2.24, 2.45) is 5.73 Å². The molecule has 0 atom stereocenters. The molecular weight excluding hydrogens is 354 g/mol. The number of anilines is 1. The Bertz CT molecular complexity index is 732. The fraction of sp³-hybridized carbons (Fsp3) is 0.286. The van der Waals surface area contributed by atoms with Crippen LogP contribution < -0.4 is 10.5 Å². The van der Waals surface area contributed by atoms with E-state index in [2.05, 4.69) is 20.7 Å². The van der Waals surface area contributed by atoms with Crippen LogP contribution in [0.2, 0.25) is 0 Å². The van der Waals surface area contributed by atoms with E-state index < -0.39 is 10.0 Å². The number of hydrogen-bond donors (Lipinski definition) is 2. The monoisotopic (exact) mass is 371 g/mol. The van der Waals surface area contributed by atoms with E-state index in [1.165, 1.54) is 0 Å². The van der Waals surface area contributed by atoms with Gasteiger partial charge in [-0.25, -0.2) is 8.42 Å². The van der Waals surface area contributed by atoms with E-state index in [0.29, 0.717) is 18.8 Å². The molecule has 5 nitrogen and oxygen atoms in total. The molecule has 0 fully saturated rings. The third-order valence-corrected chi connectivity index (χ3v) is 5.45. The standard InChI is InChI=1S/C14H18BrN3O2S/c1-3-18-9-13(7-12(18)8-16)21(19,20)17-11-5-4-10(2)14(15)6-11/h4-7,9,17H,3,8,16H2,1-2H3. The lowest BCUT2D eigenvalue weighted by Gasteiger charge is -2.08. The van der Waals surface area contributed by atoms with Crippen LogP contribution in [0.15, 0.2) is 39.8 Å². The van der Waals surface area contributed by atoms with Crippen molar-refractivity contribution in [1.29, 1.82) is 0 Å². The molecule has 0 saturated heterocycles. The maximum absolute atomic E-state index is 12.4. The Morgan fingerprint density at radius 3 is 2.57 bits per heavy atom. The fourth-order valence-electron chi connectivity index (χ4n) is 2.01. The molecule has 0 saturated carbocycles. The molecule has 0 bridgehead atoms. The number of aryl methyl sites for hydroxylation is 2. The number of benzene rings is 1. The van der Waals surface area contributed by atoms with Gasteiger partial charge in [0.15, 0.2) is 0 Å². The summed E-state index contributed by atoms with van der Waals surface area (Å²) in [5.41, 5.74) is 7.99. The molecule has 0 spiro atoms. The SMILES string of the molecule is CCn1cc(S(=O)(=O)Nc2ccc(C)c(Br)c2)cc1CN. The van der Waals surface area contributed by atoms with Crippen LogP contribution in [0.4, 0.5) is 5.69 Å². The summed E-state index contributed by atoms with van der Waals surface area (Å²) in [5.74, 6) is 0. The van der Waals surface area contributed by atoms with Gasteiger partial charge >= 0.3 is 0 Å². The zero-order chi connectivity index (χ0) is 15.6. The Balaban J connectivity index is 2.33. The van der Waals surface area contributed by atoms with Gasteiger partial charge in [-0.15, -0.1) is 0 Å². The summed E-state index contributed by atoms with van der Waals surface area (Å²) >= 11 is 3.39. The molecule has 2 rings (SSSR count). The molecule has 0 aliphatic carbocycles. The number of rotatable bonds is 5. The van der Waals surface area contributed by atoms with Crippen molar-refractivity contribution in [3.05, 3.63) is 46.2 Å². The molecule has 0 aliphatic rings. The molecule has 0 unspecified atom stereocenters. The average molecular weight is 372 g/mol. The van der Waals surface area contributed by atoms with E-state index >= 15 is 0 Å². The van der Waals surface area contributed by atoms with Crippen molar-refractivity contribution in [3.8, 4) is 0 Å². The van der Waals surface area contributed by atoms with Crippen LogP contribution in [-0.4, -0.2) is 13.0 Å². The maximum Gasteiger partial charge on any atom is 0.263 e. The highest BCUT2D eigenvalue weighted by molar-refractivity contribution is 9.10. The van der Waals surface area contributed by atoms with Gasteiger partial charge in [-0.05, 0) is 37.6 Å². The summed E-state index contributed by atoms with van der Waals surface area (Å²) in [6, 6.07) is 6.94. The summed E-state index contributed by atoms with van der Waals surface area (Å²) in [7, 11) is -3.61. The largest absolute Gasteiger partial charge is 0.349 e. The average Bonchev–Trinajstić information content (AvgIpc) is 2.86. The highest BCUT2D eigenvalue weighted by Gasteiger charge is 2.18. The molecule has 2 aromatic rings. The summed E-state index contributed by atoms with van der Waals surface area (Å²) in [4.78, 5) is 0.224. The fourth-order valence-corrected chi connectivity index (χ4v) is 3.50. The Hall–Kier alpha value is -1.31. The molecule has 0 amide bonds. The summed E-state index contributed by atoms with van der Waals surface area (Å²) < 4.78 is 30.1. The first-order valence-corrected chi connectivity index (χ1v) is 8.83. The normalized spacial score (nSPS) is 11.6. The number of nitrogens with zero attached hydrogens (tertiary/aromatic N) is 1. The zero-order valence-corrected chi connectivity index (χ0v) is 14.3. The van der Waals surface area contributed by atoms with Crippen molar-refractivity contribution >= 4 is 31.6 Å². The topological polar surface area (TPSA) is 77.1 Å². The number of hydrogen-bond acceptors (Lipinski definition) is 3. The van der Waals surface area contributed by atoms with Crippen LogP contribution in [0.25, 0.3) is 0 Å². The predicted molar refractivity (Wildman–Crippen MR) is 87.7 cm³/mol. The molecule has 3 N–H and O–H groups in total. The van der Waals surface area contributed by atoms with E-state index in [1.54, 1.807) is 24.4 Å². The first-order valence-electron chi connectivity index (χ1n) is 6.55. The predicted octanol–water partition coefficient (Wildman–Crippen LogP) is 2.84. The highest BCUT2D eigenvalue weighted by atomic mass is 79.9. The second-order valence-corrected chi connectivity index (χ2v) is 7.26. The van der Waals surface area contributed by atoms with Gasteiger partial charge in [0.05, 0.1) is 0 Å². The van der Waals surface area contributed by atoms with Crippen LogP contribution in [0.5, 0.6) is 0 Å². The van der Waals surface area contributed by atoms with Crippen molar-refractivity contribution < 1.29 is 8.42 Å². The van der Waals surface area contributed by atoms with Gasteiger partial charge in [0, 0.05) is 35.1 Å². The van der Waals surface area contributed by atoms with Crippen molar-refractivity contribution in [2.75, 3.05) is 4.72 Å². The van der Waals surface area contributed by atoms with Crippen LogP contribution in [0.3, 0.4) is 0 Å². The minimum atomic E-state index is -3.61. The van der Waals surface area contributed by atoms with E-state index in [1.807, 2.05) is 24.5 Å². The third kappa shape index (κ3) is 3.48. The first-order chi connectivity index (χ1) is 9.87. The second-order valence-electron chi connectivity index (χ2n) is 4.73. The highest BCUT2D eigenvalue weighted by Crippen LogP contribution is 2.23. The summed E-state index contributed by atoms with van der Waals surface area (Å²) in [6.45, 7) is 4.87. The van der Waals surface area contributed by atoms with Crippen LogP contribution in [0, 0.1) is 6.92 Å².